The van der Waals surface area contributed by atoms with Crippen molar-refractivity contribution >= 4 is 17.6 Å². The summed E-state index contributed by atoms with van der Waals surface area (Å²) < 4.78 is 66.0. The van der Waals surface area contributed by atoms with Gasteiger partial charge in [0.1, 0.15) is 11.4 Å². The minimum atomic E-state index is -4.65. The average molecular weight is 478 g/mol. The van der Waals surface area contributed by atoms with E-state index in [0.717, 1.165) is 24.7 Å². The van der Waals surface area contributed by atoms with Crippen LogP contribution >= 0.6 is 0 Å². The Hall–Kier alpha value is -3.48. The summed E-state index contributed by atoms with van der Waals surface area (Å²) in [4.78, 5) is 20.5. The Kier molecular flexibility index (Phi) is 5.50. The zero-order valence-corrected chi connectivity index (χ0v) is 17.6. The lowest BCUT2D eigenvalue weighted by Gasteiger charge is -2.35. The van der Waals surface area contributed by atoms with Crippen LogP contribution in [-0.2, 0) is 6.18 Å². The second-order valence-corrected chi connectivity index (χ2v) is 8.21. The van der Waals surface area contributed by atoms with Gasteiger partial charge in [0.2, 0.25) is 11.9 Å². The predicted molar refractivity (Wildman–Crippen MR) is 113 cm³/mol. The average Bonchev–Trinajstić information content (AvgIpc) is 2.71. The maximum atomic E-state index is 13.3. The lowest BCUT2D eigenvalue weighted by atomic mass is 9.88. The number of rotatable bonds is 6. The summed E-state index contributed by atoms with van der Waals surface area (Å²) in [6, 6.07) is 6.44. The van der Waals surface area contributed by atoms with Crippen molar-refractivity contribution in [3.63, 3.8) is 0 Å². The summed E-state index contributed by atoms with van der Waals surface area (Å²) in [6.07, 6.45) is -2.86. The van der Waals surface area contributed by atoms with E-state index in [9.17, 15) is 22.0 Å². The van der Waals surface area contributed by atoms with Gasteiger partial charge in [0.15, 0.2) is 5.82 Å². The molecule has 1 saturated heterocycles. The van der Waals surface area contributed by atoms with Gasteiger partial charge in [-0.1, -0.05) is 6.07 Å². The lowest BCUT2D eigenvalue weighted by molar-refractivity contribution is -0.141. The Bertz CT molecular complexity index is 1190. The van der Waals surface area contributed by atoms with E-state index in [1.54, 1.807) is 12.3 Å². The molecule has 0 aromatic carbocycles. The lowest BCUT2D eigenvalue weighted by Crippen LogP contribution is -2.44. The highest BCUT2D eigenvalue weighted by molar-refractivity contribution is 5.59. The van der Waals surface area contributed by atoms with E-state index < -0.39 is 23.8 Å². The Morgan fingerprint density at radius 2 is 1.76 bits per heavy atom. The smallest absolute Gasteiger partial charge is 0.351 e. The van der Waals surface area contributed by atoms with E-state index in [2.05, 4.69) is 40.9 Å². The molecular weight excluding hydrogens is 459 g/mol. The number of alkyl halides is 5. The van der Waals surface area contributed by atoms with E-state index in [1.807, 2.05) is 6.07 Å². The van der Waals surface area contributed by atoms with Gasteiger partial charge in [-0.05, 0) is 37.2 Å². The molecule has 4 heterocycles. The Labute approximate surface area is 190 Å². The van der Waals surface area contributed by atoms with Gasteiger partial charge < -0.3 is 16.0 Å². The summed E-state index contributed by atoms with van der Waals surface area (Å²) in [5.74, 6) is -2.91. The van der Waals surface area contributed by atoms with Gasteiger partial charge in [-0.15, -0.1) is 0 Å². The number of nitrogens with zero attached hydrogens (tertiary/aromatic N) is 5. The van der Waals surface area contributed by atoms with E-state index in [4.69, 9.17) is 0 Å². The van der Waals surface area contributed by atoms with E-state index >= 15 is 0 Å². The number of aromatic nitrogens is 5. The van der Waals surface area contributed by atoms with E-state index in [-0.39, 0.29) is 42.3 Å². The second-order valence-electron chi connectivity index (χ2n) is 8.21. The standard InChI is InChI=1S/C21H19F5N8/c22-20(23)9-12(10-20)30-19-33-17(14-2-1-3-16(31-14)21(24,25)26)32-18(34-19)29-11-4-6-28-15(8-11)13-5-7-27-13/h1-4,6,8,12-13,27H,5,7,9-10H2,(H2,28,29,30,32,33,34). The summed E-state index contributed by atoms with van der Waals surface area (Å²) >= 11 is 0. The van der Waals surface area contributed by atoms with Crippen LogP contribution in [0.1, 0.15) is 36.7 Å². The molecule has 1 aliphatic heterocycles. The van der Waals surface area contributed by atoms with Crippen molar-refractivity contribution in [3.8, 4) is 11.5 Å². The maximum absolute atomic E-state index is 13.3. The van der Waals surface area contributed by atoms with Gasteiger partial charge in [0.05, 0.1) is 11.7 Å². The van der Waals surface area contributed by atoms with Crippen LogP contribution < -0.4 is 16.0 Å². The molecule has 3 aromatic heterocycles. The number of nitrogens with one attached hydrogen (secondary N) is 3. The van der Waals surface area contributed by atoms with Gasteiger partial charge in [0.25, 0.3) is 5.92 Å². The van der Waals surface area contributed by atoms with Gasteiger partial charge in [-0.25, -0.2) is 13.8 Å². The maximum Gasteiger partial charge on any atom is 0.433 e. The van der Waals surface area contributed by atoms with Crippen LogP contribution in [0.5, 0.6) is 0 Å². The van der Waals surface area contributed by atoms with Crippen molar-refractivity contribution in [2.75, 3.05) is 17.2 Å². The van der Waals surface area contributed by atoms with Crippen molar-refractivity contribution in [3.05, 3.63) is 47.9 Å². The van der Waals surface area contributed by atoms with Crippen molar-refractivity contribution < 1.29 is 22.0 Å². The van der Waals surface area contributed by atoms with E-state index in [0.29, 0.717) is 5.69 Å². The molecule has 1 saturated carbocycles. The highest BCUT2D eigenvalue weighted by Gasteiger charge is 2.45. The molecule has 5 rings (SSSR count). The predicted octanol–water partition coefficient (Wildman–Crippen LogP) is 4.34. The molecule has 0 spiro atoms. The van der Waals surface area contributed by atoms with Gasteiger partial charge >= 0.3 is 6.18 Å². The molecule has 1 atom stereocenters. The highest BCUT2D eigenvalue weighted by Crippen LogP contribution is 2.39. The first-order valence-electron chi connectivity index (χ1n) is 10.6. The van der Waals surface area contributed by atoms with Crippen LogP contribution in [0.4, 0.5) is 39.5 Å². The van der Waals surface area contributed by atoms with Crippen LogP contribution in [0.15, 0.2) is 36.5 Å². The van der Waals surface area contributed by atoms with Crippen molar-refractivity contribution in [1.29, 1.82) is 0 Å². The molecule has 0 amide bonds. The minimum absolute atomic E-state index is 0.0246. The van der Waals surface area contributed by atoms with Crippen LogP contribution in [0.25, 0.3) is 11.5 Å². The van der Waals surface area contributed by atoms with Gasteiger partial charge in [-0.2, -0.15) is 28.1 Å². The minimum Gasteiger partial charge on any atom is -0.351 e. The second kappa shape index (κ2) is 8.38. The molecule has 0 radical (unpaired) electrons. The molecule has 1 unspecified atom stereocenters. The highest BCUT2D eigenvalue weighted by atomic mass is 19.4. The van der Waals surface area contributed by atoms with Crippen molar-refractivity contribution in [1.82, 2.24) is 30.2 Å². The molecule has 3 N–H and O–H groups in total. The first-order valence-corrected chi connectivity index (χ1v) is 10.6. The van der Waals surface area contributed by atoms with E-state index in [1.165, 1.54) is 12.1 Å². The topological polar surface area (TPSA) is 101 Å². The molecular formula is C21H19F5N8. The van der Waals surface area contributed by atoms with Crippen LogP contribution in [0, 0.1) is 0 Å². The molecule has 13 heteroatoms. The fourth-order valence-electron chi connectivity index (χ4n) is 3.66. The van der Waals surface area contributed by atoms with Crippen LogP contribution in [0.3, 0.4) is 0 Å². The third-order valence-electron chi connectivity index (χ3n) is 5.55. The largest absolute Gasteiger partial charge is 0.433 e. The molecule has 3 aromatic rings. The first kappa shape index (κ1) is 22.3. The quantitative estimate of drug-likeness (QED) is 0.450. The number of anilines is 3. The molecule has 0 bridgehead atoms. The van der Waals surface area contributed by atoms with Crippen LogP contribution in [0.2, 0.25) is 0 Å². The van der Waals surface area contributed by atoms with Gasteiger partial charge in [-0.3, -0.25) is 4.98 Å². The molecule has 2 aliphatic rings. The first-order chi connectivity index (χ1) is 16.1. The summed E-state index contributed by atoms with van der Waals surface area (Å²) in [7, 11) is 0. The SMILES string of the molecule is FC1(F)CC(Nc2nc(Nc3ccnc(C4CCN4)c3)nc(-c3cccc(C(F)(F)F)n3)n2)C1. The molecule has 178 valence electrons. The Morgan fingerprint density at radius 3 is 2.44 bits per heavy atom. The monoisotopic (exact) mass is 478 g/mol. The fraction of sp³-hybridized carbons (Fsp3) is 0.381. The van der Waals surface area contributed by atoms with Crippen LogP contribution in [-0.4, -0.2) is 43.4 Å². The molecule has 8 nitrogen and oxygen atoms in total. The Morgan fingerprint density at radius 1 is 1.00 bits per heavy atom. The van der Waals surface area contributed by atoms with Crippen molar-refractivity contribution in [2.24, 2.45) is 0 Å². The number of hydrogen-bond acceptors (Lipinski definition) is 8. The van der Waals surface area contributed by atoms with Gasteiger partial charge in [0, 0.05) is 30.8 Å². The molecule has 1 aliphatic carbocycles. The molecule has 34 heavy (non-hydrogen) atoms. The molecule has 2 fully saturated rings. The summed E-state index contributed by atoms with van der Waals surface area (Å²) in [5.41, 5.74) is 0.199. The Balaban J connectivity index is 1.46. The fourth-order valence-corrected chi connectivity index (χ4v) is 3.66. The summed E-state index contributed by atoms with van der Waals surface area (Å²) in [6.45, 7) is 0.903. The van der Waals surface area contributed by atoms with Crippen molar-refractivity contribution in [2.45, 2.75) is 43.4 Å². The summed E-state index contributed by atoms with van der Waals surface area (Å²) in [5, 5.41) is 9.06. The zero-order valence-electron chi connectivity index (χ0n) is 17.6. The number of halogens is 5. The third-order valence-corrected chi connectivity index (χ3v) is 5.55. The number of pyridine rings is 2. The normalized spacial score (nSPS) is 19.7. The number of hydrogen-bond donors (Lipinski definition) is 3. The third kappa shape index (κ3) is 4.88. The zero-order chi connectivity index (χ0) is 23.9.